The predicted octanol–water partition coefficient (Wildman–Crippen LogP) is 4.67. The van der Waals surface area contributed by atoms with Gasteiger partial charge < -0.3 is 9.42 Å². The third-order valence-corrected chi connectivity index (χ3v) is 7.92. The van der Waals surface area contributed by atoms with Crippen LogP contribution in [0.25, 0.3) is 11.4 Å². The minimum absolute atomic E-state index is 0.00952. The van der Waals surface area contributed by atoms with Crippen LogP contribution in [0.1, 0.15) is 53.2 Å². The Bertz CT molecular complexity index is 1280. The van der Waals surface area contributed by atoms with Gasteiger partial charge in [0.05, 0.1) is 5.69 Å². The van der Waals surface area contributed by atoms with E-state index in [2.05, 4.69) is 52.1 Å². The summed E-state index contributed by atoms with van der Waals surface area (Å²) in [5.41, 5.74) is 6.59. The molecule has 1 aliphatic carbocycles. The summed E-state index contributed by atoms with van der Waals surface area (Å²) >= 11 is 0. The number of fused-ring (bicyclic) bond motifs is 5. The Morgan fingerprint density at radius 3 is 2.88 bits per heavy atom. The van der Waals surface area contributed by atoms with Crippen molar-refractivity contribution < 1.29 is 9.32 Å². The molecule has 1 aromatic heterocycles. The molecule has 0 unspecified atom stereocenters. The number of aliphatic imine (C=N–C) groups is 1. The predicted molar refractivity (Wildman–Crippen MR) is 122 cm³/mol. The number of hydrogen-bond acceptors (Lipinski definition) is 5. The van der Waals surface area contributed by atoms with Gasteiger partial charge in [-0.25, -0.2) is 0 Å². The van der Waals surface area contributed by atoms with Crippen molar-refractivity contribution in [1.82, 2.24) is 15.0 Å². The first-order chi connectivity index (χ1) is 15.4. The summed E-state index contributed by atoms with van der Waals surface area (Å²) in [6, 6.07) is 12.6. The fourth-order valence-corrected chi connectivity index (χ4v) is 5.84. The van der Waals surface area contributed by atoms with Crippen LogP contribution >= 0.6 is 0 Å². The summed E-state index contributed by atoms with van der Waals surface area (Å²) < 4.78 is 5.19. The number of hydrogen-bond donors (Lipinski definition) is 0. The first-order valence-electron chi connectivity index (χ1n) is 11.3. The molecule has 6 heteroatoms. The number of likely N-dealkylation sites (tertiary alicyclic amines) is 1. The van der Waals surface area contributed by atoms with Gasteiger partial charge in [-0.3, -0.25) is 9.79 Å². The molecule has 2 aliphatic heterocycles. The largest absolute Gasteiger partial charge is 0.339 e. The molecule has 3 aliphatic rings. The lowest BCUT2D eigenvalue weighted by Gasteiger charge is -2.54. The number of nitrogens with zero attached hydrogens (tertiary/aromatic N) is 4. The van der Waals surface area contributed by atoms with Gasteiger partial charge in [0.2, 0.25) is 11.7 Å². The molecule has 6 rings (SSSR count). The fourth-order valence-electron chi connectivity index (χ4n) is 5.84. The maximum atomic E-state index is 13.6. The lowest BCUT2D eigenvalue weighted by Crippen LogP contribution is -2.59. The minimum atomic E-state index is 0.00952. The fraction of sp³-hybridized carbons (Fsp3) is 0.385. The summed E-state index contributed by atoms with van der Waals surface area (Å²) in [5, 5.41) is 4.10. The van der Waals surface area contributed by atoms with E-state index < -0.39 is 0 Å². The van der Waals surface area contributed by atoms with E-state index in [0.717, 1.165) is 48.2 Å². The normalized spacial score (nSPS) is 25.5. The Morgan fingerprint density at radius 2 is 2.06 bits per heavy atom. The number of aryl methyl sites for hydroxylation is 1. The number of piperidine rings is 1. The van der Waals surface area contributed by atoms with Crippen molar-refractivity contribution in [1.29, 1.82) is 0 Å². The van der Waals surface area contributed by atoms with E-state index in [4.69, 9.17) is 4.52 Å². The molecule has 32 heavy (non-hydrogen) atoms. The zero-order chi connectivity index (χ0) is 22.0. The van der Waals surface area contributed by atoms with Gasteiger partial charge in [0.25, 0.3) is 5.91 Å². The minimum Gasteiger partial charge on any atom is -0.339 e. The van der Waals surface area contributed by atoms with Crippen molar-refractivity contribution in [2.24, 2.45) is 10.9 Å². The molecule has 3 heterocycles. The summed E-state index contributed by atoms with van der Waals surface area (Å²) in [5.74, 6) is 1.70. The topological polar surface area (TPSA) is 71.6 Å². The lowest BCUT2D eigenvalue weighted by molar-refractivity contribution is 0.0251. The van der Waals surface area contributed by atoms with Gasteiger partial charge in [0, 0.05) is 43.3 Å². The summed E-state index contributed by atoms with van der Waals surface area (Å²) in [6.45, 7) is 7.23. The quantitative estimate of drug-likeness (QED) is 0.597. The van der Waals surface area contributed by atoms with Crippen LogP contribution in [0.3, 0.4) is 0 Å². The average Bonchev–Trinajstić information content (AvgIpc) is 3.44. The number of carbonyl (C=O) groups excluding carboxylic acids is 1. The Balaban J connectivity index is 1.34. The molecule has 1 amide bonds. The second-order valence-corrected chi connectivity index (χ2v) is 9.59. The van der Waals surface area contributed by atoms with Crippen LogP contribution in [-0.2, 0) is 18.3 Å². The zero-order valence-corrected chi connectivity index (χ0v) is 18.6. The van der Waals surface area contributed by atoms with E-state index in [9.17, 15) is 4.79 Å². The van der Waals surface area contributed by atoms with Crippen molar-refractivity contribution in [3.8, 4) is 11.4 Å². The van der Waals surface area contributed by atoms with Gasteiger partial charge in [-0.15, -0.1) is 0 Å². The smallest absolute Gasteiger partial charge is 0.254 e. The number of rotatable bonds is 2. The lowest BCUT2D eigenvalue weighted by atomic mass is 9.58. The number of amides is 1. The van der Waals surface area contributed by atoms with Gasteiger partial charge in [0.1, 0.15) is 0 Å². The summed E-state index contributed by atoms with van der Waals surface area (Å²) in [6.07, 6.45) is 4.53. The van der Waals surface area contributed by atoms with Crippen LogP contribution in [0.15, 0.2) is 45.9 Å². The highest BCUT2D eigenvalue weighted by Gasteiger charge is 2.49. The van der Waals surface area contributed by atoms with E-state index >= 15 is 0 Å². The van der Waals surface area contributed by atoms with Crippen LogP contribution in [0.2, 0.25) is 0 Å². The Kier molecular flexibility index (Phi) is 4.16. The van der Waals surface area contributed by atoms with E-state index in [1.807, 2.05) is 31.3 Å². The molecule has 162 valence electrons. The van der Waals surface area contributed by atoms with Crippen molar-refractivity contribution in [2.45, 2.75) is 51.5 Å². The first-order valence-corrected chi connectivity index (χ1v) is 11.3. The van der Waals surface area contributed by atoms with Gasteiger partial charge in [-0.1, -0.05) is 31.1 Å². The van der Waals surface area contributed by atoms with Crippen LogP contribution in [-0.4, -0.2) is 39.7 Å². The molecule has 0 spiro atoms. The van der Waals surface area contributed by atoms with Crippen molar-refractivity contribution >= 4 is 17.8 Å². The number of aromatic nitrogens is 2. The zero-order valence-electron chi connectivity index (χ0n) is 18.6. The molecular formula is C26H26N4O2. The molecular weight excluding hydrogens is 400 g/mol. The van der Waals surface area contributed by atoms with E-state index in [0.29, 0.717) is 17.6 Å². The van der Waals surface area contributed by atoms with Crippen LogP contribution in [0.5, 0.6) is 0 Å². The Labute approximate surface area is 187 Å². The molecule has 2 bridgehead atoms. The Hall–Kier alpha value is -3.28. The maximum absolute atomic E-state index is 13.6. The highest BCUT2D eigenvalue weighted by atomic mass is 16.5. The summed E-state index contributed by atoms with van der Waals surface area (Å²) in [4.78, 5) is 24.5. The van der Waals surface area contributed by atoms with Crippen LogP contribution in [0, 0.1) is 12.8 Å². The second-order valence-electron chi connectivity index (χ2n) is 9.59. The molecule has 3 aromatic rings. The Morgan fingerprint density at radius 1 is 1.19 bits per heavy atom. The van der Waals surface area contributed by atoms with Gasteiger partial charge in [0.15, 0.2) is 0 Å². The van der Waals surface area contributed by atoms with Crippen molar-refractivity contribution in [3.63, 3.8) is 0 Å². The van der Waals surface area contributed by atoms with Crippen LogP contribution < -0.4 is 0 Å². The van der Waals surface area contributed by atoms with Crippen LogP contribution in [0.4, 0.5) is 5.69 Å². The molecule has 3 atom stereocenters. The van der Waals surface area contributed by atoms with Gasteiger partial charge in [-0.2, -0.15) is 4.98 Å². The highest BCUT2D eigenvalue weighted by molar-refractivity contribution is 5.96. The molecule has 1 fully saturated rings. The third kappa shape index (κ3) is 2.78. The molecule has 1 saturated heterocycles. The summed E-state index contributed by atoms with van der Waals surface area (Å²) in [7, 11) is 0. The van der Waals surface area contributed by atoms with E-state index in [1.165, 1.54) is 11.1 Å². The molecule has 6 nitrogen and oxygen atoms in total. The SMILES string of the molecule is Cc1nc(-c2ccc3c(c2)[C@]2(C)CCN(C(=O)c4ccc5c(c4)CC=N5)[C@H](C3)[C@H]2C)no1. The van der Waals surface area contributed by atoms with E-state index in [-0.39, 0.29) is 17.4 Å². The highest BCUT2D eigenvalue weighted by Crippen LogP contribution is 2.49. The molecule has 0 N–H and O–H groups in total. The first kappa shape index (κ1) is 19.4. The molecule has 0 saturated carbocycles. The van der Waals surface area contributed by atoms with E-state index in [1.54, 1.807) is 0 Å². The standard InChI is InChI=1S/C26H26N4O2/c1-15-23-14-17-4-5-19(24-28-16(2)32-29-24)13-21(17)26(15,3)9-11-30(23)25(31)20-6-7-22-18(12-20)8-10-27-22/h4-7,10,12-13,15,23H,8-9,11,14H2,1-3H3/t15-,23-,26-/m1/s1. The number of benzene rings is 2. The average molecular weight is 427 g/mol. The molecule has 0 radical (unpaired) electrons. The second kappa shape index (κ2) is 6.86. The maximum Gasteiger partial charge on any atom is 0.254 e. The third-order valence-electron chi connectivity index (χ3n) is 7.92. The van der Waals surface area contributed by atoms with Gasteiger partial charge >= 0.3 is 0 Å². The monoisotopic (exact) mass is 426 g/mol. The van der Waals surface area contributed by atoms with Gasteiger partial charge in [-0.05, 0) is 65.1 Å². The molecule has 2 aromatic carbocycles. The van der Waals surface area contributed by atoms with Crippen molar-refractivity contribution in [3.05, 3.63) is 64.5 Å². The number of carbonyl (C=O) groups is 1. The van der Waals surface area contributed by atoms with Crippen molar-refractivity contribution in [2.75, 3.05) is 6.54 Å².